The second-order valence-corrected chi connectivity index (χ2v) is 5.94. The summed E-state index contributed by atoms with van der Waals surface area (Å²) in [6.45, 7) is 0.187. The van der Waals surface area contributed by atoms with Crippen molar-refractivity contribution in [3.05, 3.63) is 24.3 Å². The van der Waals surface area contributed by atoms with Crippen molar-refractivity contribution in [1.29, 1.82) is 0 Å². The Balaban J connectivity index is 1.47. The third kappa shape index (κ3) is 3.64. The first kappa shape index (κ1) is 14.2. The fourth-order valence-electron chi connectivity index (χ4n) is 1.85. The standard InChI is InChI=1S/C13H17N5O2S/c14-11-3-1-2-4-12(11)20-7-10(19)8-21-13-15-16-17-18(13)9-5-6-9/h1-4,9-10,19H,5-8,14H2. The lowest BCUT2D eigenvalue weighted by Gasteiger charge is -2.13. The lowest BCUT2D eigenvalue weighted by atomic mass is 10.3. The summed E-state index contributed by atoms with van der Waals surface area (Å²) in [6.07, 6.45) is 1.63. The molecule has 0 radical (unpaired) electrons. The fraction of sp³-hybridized carbons (Fsp3) is 0.462. The van der Waals surface area contributed by atoms with Crippen LogP contribution in [0.3, 0.4) is 0 Å². The highest BCUT2D eigenvalue weighted by molar-refractivity contribution is 7.99. The number of aromatic nitrogens is 4. The van der Waals surface area contributed by atoms with Crippen LogP contribution in [-0.4, -0.2) is 43.8 Å². The van der Waals surface area contributed by atoms with E-state index in [1.807, 2.05) is 16.8 Å². The third-order valence-electron chi connectivity index (χ3n) is 3.11. The maximum Gasteiger partial charge on any atom is 0.209 e. The average molecular weight is 307 g/mol. The highest BCUT2D eigenvalue weighted by Crippen LogP contribution is 2.36. The molecule has 1 fully saturated rings. The number of aliphatic hydroxyl groups excluding tert-OH is 1. The molecule has 2 aromatic rings. The van der Waals surface area contributed by atoms with E-state index in [4.69, 9.17) is 10.5 Å². The van der Waals surface area contributed by atoms with Gasteiger partial charge in [-0.2, -0.15) is 0 Å². The fourth-order valence-corrected chi connectivity index (χ4v) is 2.70. The molecule has 1 heterocycles. The van der Waals surface area contributed by atoms with Crippen LogP contribution >= 0.6 is 11.8 Å². The van der Waals surface area contributed by atoms with Gasteiger partial charge in [0.25, 0.3) is 0 Å². The molecule has 21 heavy (non-hydrogen) atoms. The van der Waals surface area contributed by atoms with Gasteiger partial charge in [0, 0.05) is 5.75 Å². The van der Waals surface area contributed by atoms with Crippen molar-refractivity contribution in [3.63, 3.8) is 0 Å². The normalized spacial score (nSPS) is 15.9. The van der Waals surface area contributed by atoms with Crippen LogP contribution < -0.4 is 10.5 Å². The summed E-state index contributed by atoms with van der Waals surface area (Å²) in [5.41, 5.74) is 6.34. The van der Waals surface area contributed by atoms with Crippen molar-refractivity contribution < 1.29 is 9.84 Å². The van der Waals surface area contributed by atoms with Gasteiger partial charge >= 0.3 is 0 Å². The van der Waals surface area contributed by atoms with Crippen LogP contribution in [0.5, 0.6) is 5.75 Å². The van der Waals surface area contributed by atoms with Crippen molar-refractivity contribution in [2.45, 2.75) is 30.1 Å². The molecule has 1 aromatic carbocycles. The summed E-state index contributed by atoms with van der Waals surface area (Å²) in [4.78, 5) is 0. The van der Waals surface area contributed by atoms with E-state index in [1.165, 1.54) is 11.8 Å². The van der Waals surface area contributed by atoms with Crippen LogP contribution in [0.15, 0.2) is 29.4 Å². The highest BCUT2D eigenvalue weighted by Gasteiger charge is 2.28. The number of nitrogens with two attached hydrogens (primary N) is 1. The monoisotopic (exact) mass is 307 g/mol. The minimum absolute atomic E-state index is 0.187. The first-order chi connectivity index (χ1) is 10.2. The van der Waals surface area contributed by atoms with Gasteiger partial charge in [-0.25, -0.2) is 4.68 Å². The molecule has 8 heteroatoms. The van der Waals surface area contributed by atoms with Crippen LogP contribution in [0.1, 0.15) is 18.9 Å². The Bertz CT molecular complexity index is 602. The number of aliphatic hydroxyl groups is 1. The molecule has 1 aliphatic carbocycles. The molecule has 7 nitrogen and oxygen atoms in total. The van der Waals surface area contributed by atoms with Crippen LogP contribution in [0.25, 0.3) is 0 Å². The third-order valence-corrected chi connectivity index (χ3v) is 4.19. The Morgan fingerprint density at radius 3 is 3.00 bits per heavy atom. The Morgan fingerprint density at radius 2 is 2.24 bits per heavy atom. The van der Waals surface area contributed by atoms with Crippen molar-refractivity contribution in [2.75, 3.05) is 18.1 Å². The Hall–Kier alpha value is -1.80. The molecule has 3 rings (SSSR count). The topological polar surface area (TPSA) is 99.1 Å². The lowest BCUT2D eigenvalue weighted by Crippen LogP contribution is -2.20. The quantitative estimate of drug-likeness (QED) is 0.584. The van der Waals surface area contributed by atoms with Gasteiger partial charge in [0.15, 0.2) is 0 Å². The van der Waals surface area contributed by atoms with Gasteiger partial charge in [-0.3, -0.25) is 0 Å². The van der Waals surface area contributed by atoms with Gasteiger partial charge in [-0.1, -0.05) is 23.9 Å². The van der Waals surface area contributed by atoms with Gasteiger partial charge in [0.2, 0.25) is 5.16 Å². The minimum atomic E-state index is -0.612. The number of nitrogen functional groups attached to an aromatic ring is 1. The van der Waals surface area contributed by atoms with Crippen LogP contribution in [0.2, 0.25) is 0 Å². The van der Waals surface area contributed by atoms with Crippen LogP contribution in [-0.2, 0) is 0 Å². The summed E-state index contributed by atoms with van der Waals surface area (Å²) in [7, 11) is 0. The van der Waals surface area contributed by atoms with Crippen LogP contribution in [0, 0.1) is 0 Å². The number of tetrazole rings is 1. The van der Waals surface area contributed by atoms with Crippen LogP contribution in [0.4, 0.5) is 5.69 Å². The minimum Gasteiger partial charge on any atom is -0.489 e. The number of ether oxygens (including phenoxy) is 1. The molecule has 112 valence electrons. The summed E-state index contributed by atoms with van der Waals surface area (Å²) in [6, 6.07) is 7.66. The molecule has 1 saturated carbocycles. The Morgan fingerprint density at radius 1 is 1.43 bits per heavy atom. The summed E-state index contributed by atoms with van der Waals surface area (Å²) in [5.74, 6) is 1.06. The SMILES string of the molecule is Nc1ccccc1OCC(O)CSc1nnnn1C1CC1. The van der Waals surface area contributed by atoms with E-state index in [9.17, 15) is 5.11 Å². The van der Waals surface area contributed by atoms with E-state index < -0.39 is 6.10 Å². The Labute approximate surface area is 126 Å². The number of nitrogens with zero attached hydrogens (tertiary/aromatic N) is 4. The average Bonchev–Trinajstić information content (AvgIpc) is 3.23. The van der Waals surface area contributed by atoms with Gasteiger partial charge in [0.1, 0.15) is 12.4 Å². The van der Waals surface area contributed by atoms with Gasteiger partial charge in [-0.05, 0) is 35.4 Å². The second kappa shape index (κ2) is 6.31. The second-order valence-electron chi connectivity index (χ2n) is 4.95. The predicted octanol–water partition coefficient (Wildman–Crippen LogP) is 1.12. The molecule has 0 aliphatic heterocycles. The predicted molar refractivity (Wildman–Crippen MR) is 79.2 cm³/mol. The number of anilines is 1. The number of thioether (sulfide) groups is 1. The van der Waals surface area contributed by atoms with Crippen molar-refractivity contribution in [3.8, 4) is 5.75 Å². The number of benzene rings is 1. The lowest BCUT2D eigenvalue weighted by molar-refractivity contribution is 0.127. The zero-order valence-electron chi connectivity index (χ0n) is 11.4. The number of hydrogen-bond acceptors (Lipinski definition) is 7. The van der Waals surface area contributed by atoms with Crippen molar-refractivity contribution in [1.82, 2.24) is 20.2 Å². The molecule has 0 amide bonds. The van der Waals surface area contributed by atoms with E-state index >= 15 is 0 Å². The van der Waals surface area contributed by atoms with E-state index in [-0.39, 0.29) is 6.61 Å². The molecule has 1 aliphatic rings. The first-order valence-electron chi connectivity index (χ1n) is 6.80. The molecule has 3 N–H and O–H groups in total. The molecule has 0 bridgehead atoms. The zero-order chi connectivity index (χ0) is 14.7. The first-order valence-corrected chi connectivity index (χ1v) is 7.78. The molecular formula is C13H17N5O2S. The number of rotatable bonds is 7. The van der Waals surface area contributed by atoms with E-state index in [0.717, 1.165) is 18.0 Å². The van der Waals surface area contributed by atoms with E-state index in [2.05, 4.69) is 15.5 Å². The highest BCUT2D eigenvalue weighted by atomic mass is 32.2. The van der Waals surface area contributed by atoms with E-state index in [0.29, 0.717) is 23.2 Å². The largest absolute Gasteiger partial charge is 0.489 e. The van der Waals surface area contributed by atoms with Crippen molar-refractivity contribution in [2.24, 2.45) is 0 Å². The smallest absolute Gasteiger partial charge is 0.209 e. The maximum absolute atomic E-state index is 9.98. The van der Waals surface area contributed by atoms with Crippen molar-refractivity contribution >= 4 is 17.4 Å². The maximum atomic E-state index is 9.98. The summed E-state index contributed by atoms with van der Waals surface area (Å²) < 4.78 is 7.34. The number of para-hydroxylation sites is 2. The summed E-state index contributed by atoms with van der Waals surface area (Å²) >= 11 is 1.44. The number of hydrogen-bond donors (Lipinski definition) is 2. The molecule has 0 saturated heterocycles. The molecule has 0 spiro atoms. The van der Waals surface area contributed by atoms with Gasteiger partial charge in [-0.15, -0.1) is 5.10 Å². The molecule has 1 aromatic heterocycles. The van der Waals surface area contributed by atoms with Gasteiger partial charge < -0.3 is 15.6 Å². The summed E-state index contributed by atoms with van der Waals surface area (Å²) in [5, 5.41) is 22.3. The Kier molecular flexibility index (Phi) is 4.26. The molecular weight excluding hydrogens is 290 g/mol. The molecule has 1 atom stereocenters. The molecule has 1 unspecified atom stereocenters. The zero-order valence-corrected chi connectivity index (χ0v) is 12.2. The van der Waals surface area contributed by atoms with Gasteiger partial charge in [0.05, 0.1) is 17.8 Å². The van der Waals surface area contributed by atoms with E-state index in [1.54, 1.807) is 12.1 Å².